The van der Waals surface area contributed by atoms with Crippen molar-refractivity contribution in [3.05, 3.63) is 35.4 Å². The molecule has 0 radical (unpaired) electrons. The molecule has 2 atom stereocenters. The van der Waals surface area contributed by atoms with Crippen molar-refractivity contribution in [2.24, 2.45) is 5.92 Å². The molecule has 25 heavy (non-hydrogen) atoms. The summed E-state index contributed by atoms with van der Waals surface area (Å²) in [6.45, 7) is 4.48. The Hall–Kier alpha value is -1.59. The molecule has 2 N–H and O–H groups in total. The molecule has 0 aromatic heterocycles. The van der Waals surface area contributed by atoms with E-state index in [2.05, 4.69) is 34.5 Å². The highest BCUT2D eigenvalue weighted by Gasteiger charge is 2.27. The molecule has 1 saturated carbocycles. The fourth-order valence-electron chi connectivity index (χ4n) is 4.04. The van der Waals surface area contributed by atoms with E-state index in [1.165, 1.54) is 11.1 Å². The number of hydrogen-bond acceptors (Lipinski definition) is 3. The largest absolute Gasteiger partial charge is 0.393 e. The first kappa shape index (κ1) is 18.2. The van der Waals surface area contributed by atoms with E-state index >= 15 is 0 Å². The minimum atomic E-state index is -0.239. The molecule has 2 amide bonds. The zero-order valence-electron chi connectivity index (χ0n) is 15.3. The minimum Gasteiger partial charge on any atom is -0.393 e. The summed E-state index contributed by atoms with van der Waals surface area (Å²) in [5.74, 6) is 0.240. The van der Waals surface area contributed by atoms with Gasteiger partial charge in [0.15, 0.2) is 0 Å². The van der Waals surface area contributed by atoms with E-state index in [-0.39, 0.29) is 18.1 Å². The van der Waals surface area contributed by atoms with Gasteiger partial charge in [-0.05, 0) is 36.8 Å². The lowest BCUT2D eigenvalue weighted by Crippen LogP contribution is -2.42. The number of nitrogens with zero attached hydrogens (tertiary/aromatic N) is 2. The topological polar surface area (TPSA) is 55.8 Å². The number of urea groups is 1. The SMILES string of the molecule is CN(CC1CCCC1O)C(=O)NCCCN1CCc2ccccc2C1. The quantitative estimate of drug-likeness (QED) is 0.778. The summed E-state index contributed by atoms with van der Waals surface area (Å²) in [4.78, 5) is 16.4. The number of carbonyl (C=O) groups is 1. The zero-order valence-corrected chi connectivity index (χ0v) is 15.3. The van der Waals surface area contributed by atoms with Crippen LogP contribution in [0, 0.1) is 5.92 Å². The Balaban J connectivity index is 1.32. The van der Waals surface area contributed by atoms with Gasteiger partial charge in [-0.25, -0.2) is 4.79 Å². The fourth-order valence-corrected chi connectivity index (χ4v) is 4.04. The van der Waals surface area contributed by atoms with Crippen molar-refractivity contribution in [3.63, 3.8) is 0 Å². The third kappa shape index (κ3) is 4.95. The van der Waals surface area contributed by atoms with Gasteiger partial charge in [0.25, 0.3) is 0 Å². The lowest BCUT2D eigenvalue weighted by Gasteiger charge is -2.29. The van der Waals surface area contributed by atoms with Crippen LogP contribution < -0.4 is 5.32 Å². The highest BCUT2D eigenvalue weighted by molar-refractivity contribution is 5.73. The highest BCUT2D eigenvalue weighted by Crippen LogP contribution is 2.25. The molecular weight excluding hydrogens is 314 g/mol. The predicted molar refractivity (Wildman–Crippen MR) is 99.4 cm³/mol. The van der Waals surface area contributed by atoms with Crippen LogP contribution in [-0.2, 0) is 13.0 Å². The maximum atomic E-state index is 12.2. The first-order valence-corrected chi connectivity index (χ1v) is 9.59. The van der Waals surface area contributed by atoms with Crippen LogP contribution in [0.25, 0.3) is 0 Å². The number of rotatable bonds is 6. The van der Waals surface area contributed by atoms with Crippen molar-refractivity contribution in [2.45, 2.75) is 44.8 Å². The second-order valence-electron chi connectivity index (χ2n) is 7.52. The summed E-state index contributed by atoms with van der Waals surface area (Å²) in [5.41, 5.74) is 2.91. The number of nitrogens with one attached hydrogen (secondary N) is 1. The first-order chi connectivity index (χ1) is 12.1. The lowest BCUT2D eigenvalue weighted by molar-refractivity contribution is 0.114. The molecule has 5 heteroatoms. The average Bonchev–Trinajstić information content (AvgIpc) is 3.03. The van der Waals surface area contributed by atoms with Crippen LogP contribution >= 0.6 is 0 Å². The molecule has 0 saturated heterocycles. The van der Waals surface area contributed by atoms with Crippen LogP contribution in [0.5, 0.6) is 0 Å². The Morgan fingerprint density at radius 3 is 2.88 bits per heavy atom. The molecule has 2 aliphatic rings. The van der Waals surface area contributed by atoms with Gasteiger partial charge in [-0.2, -0.15) is 0 Å². The van der Waals surface area contributed by atoms with Gasteiger partial charge in [0.2, 0.25) is 0 Å². The van der Waals surface area contributed by atoms with Crippen LogP contribution in [0.3, 0.4) is 0 Å². The van der Waals surface area contributed by atoms with E-state index in [1.807, 2.05) is 7.05 Å². The molecule has 0 bridgehead atoms. The number of benzene rings is 1. The predicted octanol–water partition coefficient (Wildman–Crippen LogP) is 2.24. The molecule has 1 aromatic rings. The van der Waals surface area contributed by atoms with Gasteiger partial charge in [-0.3, -0.25) is 4.90 Å². The van der Waals surface area contributed by atoms with Gasteiger partial charge >= 0.3 is 6.03 Å². The van der Waals surface area contributed by atoms with Crippen molar-refractivity contribution in [1.29, 1.82) is 0 Å². The molecule has 1 heterocycles. The van der Waals surface area contributed by atoms with Crippen LogP contribution in [0.15, 0.2) is 24.3 Å². The Morgan fingerprint density at radius 2 is 2.12 bits per heavy atom. The molecule has 3 rings (SSSR count). The van der Waals surface area contributed by atoms with Crippen LogP contribution in [-0.4, -0.2) is 60.3 Å². The summed E-state index contributed by atoms with van der Waals surface area (Å²) in [7, 11) is 1.82. The van der Waals surface area contributed by atoms with Gasteiger partial charge in [0.1, 0.15) is 0 Å². The number of fused-ring (bicyclic) bond motifs is 1. The Labute approximate surface area is 151 Å². The maximum absolute atomic E-state index is 12.2. The maximum Gasteiger partial charge on any atom is 0.317 e. The van der Waals surface area contributed by atoms with Gasteiger partial charge in [-0.1, -0.05) is 30.7 Å². The highest BCUT2D eigenvalue weighted by atomic mass is 16.3. The fraction of sp³-hybridized carbons (Fsp3) is 0.650. The van der Waals surface area contributed by atoms with Gasteiger partial charge in [-0.15, -0.1) is 0 Å². The molecule has 138 valence electrons. The second kappa shape index (κ2) is 8.68. The number of hydrogen-bond donors (Lipinski definition) is 2. The van der Waals surface area contributed by atoms with Gasteiger partial charge in [0.05, 0.1) is 6.10 Å². The summed E-state index contributed by atoms with van der Waals surface area (Å²) in [6.07, 6.45) is 4.81. The zero-order chi connectivity index (χ0) is 17.6. The summed E-state index contributed by atoms with van der Waals surface area (Å²) < 4.78 is 0. The molecule has 1 aliphatic carbocycles. The van der Waals surface area contributed by atoms with E-state index in [0.717, 1.165) is 51.7 Å². The number of amides is 2. The third-order valence-corrected chi connectivity index (χ3v) is 5.61. The lowest BCUT2D eigenvalue weighted by atomic mass is 10.00. The Morgan fingerprint density at radius 1 is 1.32 bits per heavy atom. The molecule has 0 spiro atoms. The Bertz CT molecular complexity index is 578. The van der Waals surface area contributed by atoms with E-state index in [1.54, 1.807) is 4.90 Å². The van der Waals surface area contributed by atoms with Crippen molar-refractivity contribution in [2.75, 3.05) is 33.2 Å². The number of carbonyl (C=O) groups excluding carboxylic acids is 1. The minimum absolute atomic E-state index is 0.0249. The average molecular weight is 345 g/mol. The van der Waals surface area contributed by atoms with Crippen LogP contribution in [0.2, 0.25) is 0 Å². The van der Waals surface area contributed by atoms with Gasteiger partial charge in [0, 0.05) is 45.7 Å². The van der Waals surface area contributed by atoms with Crippen molar-refractivity contribution >= 4 is 6.03 Å². The molecule has 1 fully saturated rings. The smallest absolute Gasteiger partial charge is 0.317 e. The summed E-state index contributed by atoms with van der Waals surface area (Å²) >= 11 is 0. The van der Waals surface area contributed by atoms with E-state index in [0.29, 0.717) is 13.1 Å². The van der Waals surface area contributed by atoms with E-state index in [4.69, 9.17) is 0 Å². The summed E-state index contributed by atoms with van der Waals surface area (Å²) in [5, 5.41) is 12.9. The third-order valence-electron chi connectivity index (χ3n) is 5.61. The van der Waals surface area contributed by atoms with Crippen LogP contribution in [0.4, 0.5) is 4.79 Å². The molecular formula is C20H31N3O2. The Kier molecular flexibility index (Phi) is 6.32. The monoisotopic (exact) mass is 345 g/mol. The molecule has 1 aliphatic heterocycles. The summed E-state index contributed by atoms with van der Waals surface area (Å²) in [6, 6.07) is 8.65. The standard InChI is InChI=1S/C20H31N3O2/c1-22(14-18-8-4-9-19(18)24)20(25)21-11-5-12-23-13-10-16-6-2-3-7-17(16)15-23/h2-3,6-7,18-19,24H,4-5,8-15H2,1H3,(H,21,25). The molecule has 2 unspecified atom stereocenters. The van der Waals surface area contributed by atoms with E-state index < -0.39 is 0 Å². The number of aliphatic hydroxyl groups excluding tert-OH is 1. The number of aliphatic hydroxyl groups is 1. The molecule has 5 nitrogen and oxygen atoms in total. The van der Waals surface area contributed by atoms with Crippen molar-refractivity contribution in [1.82, 2.24) is 15.1 Å². The van der Waals surface area contributed by atoms with Gasteiger partial charge < -0.3 is 15.3 Å². The first-order valence-electron chi connectivity index (χ1n) is 9.59. The van der Waals surface area contributed by atoms with Crippen molar-refractivity contribution in [3.8, 4) is 0 Å². The normalized spacial score (nSPS) is 23.3. The van der Waals surface area contributed by atoms with E-state index in [9.17, 15) is 9.90 Å². The molecule has 1 aromatic carbocycles. The van der Waals surface area contributed by atoms with Crippen molar-refractivity contribution < 1.29 is 9.90 Å². The van der Waals surface area contributed by atoms with Crippen LogP contribution in [0.1, 0.15) is 36.8 Å². The second-order valence-corrected chi connectivity index (χ2v) is 7.52.